The van der Waals surface area contributed by atoms with Crippen LogP contribution in [0.2, 0.25) is 5.02 Å². The lowest BCUT2D eigenvalue weighted by Crippen LogP contribution is -2.41. The molecular formula is C17H19ClFN3O. The summed E-state index contributed by atoms with van der Waals surface area (Å²) in [6, 6.07) is 4.13. The minimum atomic E-state index is -0.436. The molecule has 0 saturated carbocycles. The van der Waals surface area contributed by atoms with Crippen molar-refractivity contribution in [3.8, 4) is 0 Å². The van der Waals surface area contributed by atoms with Gasteiger partial charge in [-0.05, 0) is 31.0 Å². The van der Waals surface area contributed by atoms with Crippen molar-refractivity contribution in [3.63, 3.8) is 0 Å². The summed E-state index contributed by atoms with van der Waals surface area (Å²) in [6.45, 7) is 3.39. The van der Waals surface area contributed by atoms with Crippen molar-refractivity contribution in [3.05, 3.63) is 52.8 Å². The fourth-order valence-corrected chi connectivity index (χ4v) is 3.40. The van der Waals surface area contributed by atoms with E-state index in [1.807, 2.05) is 6.20 Å². The number of amides is 1. The average Bonchev–Trinajstić information content (AvgIpc) is 3.03. The number of hydrogen-bond donors (Lipinski definition) is 0. The number of aryl methyl sites for hydroxylation is 1. The van der Waals surface area contributed by atoms with Crippen molar-refractivity contribution >= 4 is 17.5 Å². The van der Waals surface area contributed by atoms with Gasteiger partial charge in [0, 0.05) is 31.9 Å². The van der Waals surface area contributed by atoms with Crippen LogP contribution in [0.15, 0.2) is 30.6 Å². The molecule has 2 heterocycles. The van der Waals surface area contributed by atoms with Gasteiger partial charge in [-0.25, -0.2) is 9.37 Å². The maximum Gasteiger partial charge on any atom is 0.255 e. The summed E-state index contributed by atoms with van der Waals surface area (Å²) in [5.74, 6) is 0.455. The molecule has 1 fully saturated rings. The van der Waals surface area contributed by atoms with Crippen molar-refractivity contribution < 1.29 is 9.18 Å². The lowest BCUT2D eigenvalue weighted by atomic mass is 10.0. The summed E-state index contributed by atoms with van der Waals surface area (Å²) in [5.41, 5.74) is 0.357. The predicted octanol–water partition coefficient (Wildman–Crippen LogP) is 3.72. The zero-order chi connectivity index (χ0) is 16.4. The second-order valence-corrected chi connectivity index (χ2v) is 6.18. The lowest BCUT2D eigenvalue weighted by molar-refractivity contribution is 0.0678. The molecule has 0 aliphatic carbocycles. The molecule has 1 amide bonds. The highest BCUT2D eigenvalue weighted by Gasteiger charge is 2.27. The number of carbonyl (C=O) groups is 1. The monoisotopic (exact) mass is 335 g/mol. The van der Waals surface area contributed by atoms with Crippen molar-refractivity contribution in [2.45, 2.75) is 32.2 Å². The van der Waals surface area contributed by atoms with E-state index in [0.717, 1.165) is 25.1 Å². The summed E-state index contributed by atoms with van der Waals surface area (Å²) in [4.78, 5) is 18.9. The van der Waals surface area contributed by atoms with Gasteiger partial charge in [-0.2, -0.15) is 0 Å². The minimum Gasteiger partial charge on any atom is -0.337 e. The largest absolute Gasteiger partial charge is 0.337 e. The van der Waals surface area contributed by atoms with E-state index in [2.05, 4.69) is 16.5 Å². The number of halogens is 2. The maximum absolute atomic E-state index is 13.2. The zero-order valence-electron chi connectivity index (χ0n) is 13.0. The normalized spacial score (nSPS) is 18.2. The molecule has 1 aliphatic heterocycles. The fourth-order valence-electron chi connectivity index (χ4n) is 3.15. The van der Waals surface area contributed by atoms with E-state index in [1.165, 1.54) is 18.2 Å². The Bertz CT molecular complexity index is 716. The lowest BCUT2D eigenvalue weighted by Gasteiger charge is -2.34. The van der Waals surface area contributed by atoms with Gasteiger partial charge in [0.2, 0.25) is 0 Å². The van der Waals surface area contributed by atoms with Gasteiger partial charge in [0.1, 0.15) is 11.6 Å². The standard InChI is InChI=1S/C17H19ClFN3O/c1-2-16-20-7-9-22(16)13-4-3-8-21(11-13)17(23)14-6-5-12(19)10-15(14)18/h5-7,9-10,13H,2-4,8,11H2,1H3. The number of nitrogens with zero attached hydrogens (tertiary/aromatic N) is 3. The molecule has 0 spiro atoms. The molecule has 0 radical (unpaired) electrons. The summed E-state index contributed by atoms with van der Waals surface area (Å²) in [7, 11) is 0. The van der Waals surface area contributed by atoms with Crippen molar-refractivity contribution in [1.29, 1.82) is 0 Å². The third kappa shape index (κ3) is 3.24. The molecule has 122 valence electrons. The molecule has 1 aromatic carbocycles. The van der Waals surface area contributed by atoms with Crippen LogP contribution in [0.25, 0.3) is 0 Å². The van der Waals surface area contributed by atoms with Crippen LogP contribution < -0.4 is 0 Å². The van der Waals surface area contributed by atoms with Crippen LogP contribution in [0, 0.1) is 5.82 Å². The van der Waals surface area contributed by atoms with E-state index in [-0.39, 0.29) is 17.0 Å². The highest BCUT2D eigenvalue weighted by Crippen LogP contribution is 2.26. The number of hydrogen-bond acceptors (Lipinski definition) is 2. The number of carbonyl (C=O) groups excluding carboxylic acids is 1. The molecule has 0 N–H and O–H groups in total. The Morgan fingerprint density at radius 3 is 3.04 bits per heavy atom. The molecule has 0 bridgehead atoms. The highest BCUT2D eigenvalue weighted by atomic mass is 35.5. The first-order chi connectivity index (χ1) is 11.1. The molecule has 23 heavy (non-hydrogen) atoms. The molecule has 6 heteroatoms. The highest BCUT2D eigenvalue weighted by molar-refractivity contribution is 6.33. The molecule has 1 atom stereocenters. The van der Waals surface area contributed by atoms with Crippen LogP contribution >= 0.6 is 11.6 Å². The van der Waals surface area contributed by atoms with Gasteiger partial charge in [-0.3, -0.25) is 4.79 Å². The van der Waals surface area contributed by atoms with Gasteiger partial charge in [0.05, 0.1) is 16.6 Å². The molecule has 3 rings (SSSR count). The van der Waals surface area contributed by atoms with E-state index in [1.54, 1.807) is 11.1 Å². The SMILES string of the molecule is CCc1nccn1C1CCCN(C(=O)c2ccc(F)cc2Cl)C1. The Morgan fingerprint density at radius 2 is 2.30 bits per heavy atom. The summed E-state index contributed by atoms with van der Waals surface area (Å²) < 4.78 is 15.3. The Kier molecular flexibility index (Phi) is 4.66. The first kappa shape index (κ1) is 16.0. The average molecular weight is 336 g/mol. The number of aromatic nitrogens is 2. The van der Waals surface area contributed by atoms with Gasteiger partial charge in [0.25, 0.3) is 5.91 Å². The Balaban J connectivity index is 1.79. The summed E-state index contributed by atoms with van der Waals surface area (Å²) in [5, 5.41) is 0.161. The molecule has 1 unspecified atom stereocenters. The van der Waals surface area contributed by atoms with E-state index >= 15 is 0 Å². The second-order valence-electron chi connectivity index (χ2n) is 5.78. The first-order valence-electron chi connectivity index (χ1n) is 7.86. The topological polar surface area (TPSA) is 38.1 Å². The van der Waals surface area contributed by atoms with Gasteiger partial charge in [-0.1, -0.05) is 18.5 Å². The smallest absolute Gasteiger partial charge is 0.255 e. The maximum atomic E-state index is 13.2. The van der Waals surface area contributed by atoms with E-state index in [9.17, 15) is 9.18 Å². The molecule has 1 saturated heterocycles. The summed E-state index contributed by atoms with van der Waals surface area (Å²) >= 11 is 6.02. The van der Waals surface area contributed by atoms with E-state index < -0.39 is 5.82 Å². The van der Waals surface area contributed by atoms with Crippen LogP contribution in [0.4, 0.5) is 4.39 Å². The number of likely N-dealkylation sites (tertiary alicyclic amines) is 1. The fraction of sp³-hybridized carbons (Fsp3) is 0.412. The van der Waals surface area contributed by atoms with Crippen LogP contribution in [-0.2, 0) is 6.42 Å². The van der Waals surface area contributed by atoms with Crippen molar-refractivity contribution in [2.75, 3.05) is 13.1 Å². The minimum absolute atomic E-state index is 0.141. The van der Waals surface area contributed by atoms with Gasteiger partial charge in [0.15, 0.2) is 0 Å². The van der Waals surface area contributed by atoms with Crippen molar-refractivity contribution in [2.24, 2.45) is 0 Å². The molecule has 4 nitrogen and oxygen atoms in total. The van der Waals surface area contributed by atoms with Crippen LogP contribution in [0.5, 0.6) is 0 Å². The molecule has 1 aliphatic rings. The molecule has 1 aromatic heterocycles. The van der Waals surface area contributed by atoms with Crippen LogP contribution in [0.3, 0.4) is 0 Å². The van der Waals surface area contributed by atoms with E-state index in [0.29, 0.717) is 18.7 Å². The second kappa shape index (κ2) is 6.71. The van der Waals surface area contributed by atoms with Crippen LogP contribution in [0.1, 0.15) is 42.0 Å². The quantitative estimate of drug-likeness (QED) is 0.857. The zero-order valence-corrected chi connectivity index (χ0v) is 13.8. The van der Waals surface area contributed by atoms with Gasteiger partial charge >= 0.3 is 0 Å². The number of rotatable bonds is 3. The number of benzene rings is 1. The Labute approximate surface area is 139 Å². The third-order valence-corrected chi connectivity index (χ3v) is 4.62. The number of imidazole rings is 1. The van der Waals surface area contributed by atoms with Gasteiger partial charge in [-0.15, -0.1) is 0 Å². The first-order valence-corrected chi connectivity index (χ1v) is 8.24. The van der Waals surface area contributed by atoms with Gasteiger partial charge < -0.3 is 9.47 Å². The molecule has 2 aromatic rings. The van der Waals surface area contributed by atoms with E-state index in [4.69, 9.17) is 11.6 Å². The Hall–Kier alpha value is -1.88. The summed E-state index contributed by atoms with van der Waals surface area (Å²) in [6.07, 6.45) is 6.58. The molecular weight excluding hydrogens is 317 g/mol. The Morgan fingerprint density at radius 1 is 1.48 bits per heavy atom. The predicted molar refractivity (Wildman–Crippen MR) is 87.2 cm³/mol. The third-order valence-electron chi connectivity index (χ3n) is 4.30. The van der Waals surface area contributed by atoms with Crippen LogP contribution in [-0.4, -0.2) is 33.4 Å². The van der Waals surface area contributed by atoms with Crippen molar-refractivity contribution in [1.82, 2.24) is 14.5 Å². The number of piperidine rings is 1.